The Morgan fingerprint density at radius 1 is 0.968 bits per heavy atom. The number of amides is 2. The molecule has 0 saturated carbocycles. The Morgan fingerprint density at radius 3 is 2.26 bits per heavy atom. The Labute approximate surface area is 189 Å². The van der Waals surface area contributed by atoms with Crippen molar-refractivity contribution in [1.82, 2.24) is 4.90 Å². The molecule has 0 aliphatic rings. The fraction of sp³-hybridized carbons (Fsp3) is 0.318. The van der Waals surface area contributed by atoms with Gasteiger partial charge in [-0.2, -0.15) is 0 Å². The molecule has 0 atom stereocenters. The molecule has 0 unspecified atom stereocenters. The van der Waals surface area contributed by atoms with E-state index in [2.05, 4.69) is 21.2 Å². The summed E-state index contributed by atoms with van der Waals surface area (Å²) in [5.41, 5.74) is 0.844. The predicted molar refractivity (Wildman–Crippen MR) is 119 cm³/mol. The van der Waals surface area contributed by atoms with E-state index in [-0.39, 0.29) is 36.3 Å². The van der Waals surface area contributed by atoms with Gasteiger partial charge in [0.2, 0.25) is 0 Å². The van der Waals surface area contributed by atoms with Crippen LogP contribution in [0.3, 0.4) is 0 Å². The number of hydrogen-bond acceptors (Lipinski definition) is 6. The van der Waals surface area contributed by atoms with Crippen molar-refractivity contribution in [3.63, 3.8) is 0 Å². The van der Waals surface area contributed by atoms with Crippen LogP contribution >= 0.6 is 15.9 Å². The maximum Gasteiger partial charge on any atom is 0.338 e. The number of methoxy groups -OCH3 is 1. The standard InChI is InChI=1S/C22H25BrN2O6/c1-4-25(5-2)21(27)14-31-22(28)15-6-11-18(19(12-15)29-3)30-13-20(26)24-17-9-7-16(23)8-10-17/h6-12H,4-5,13-14H2,1-3H3,(H,24,26). The monoisotopic (exact) mass is 492 g/mol. The Bertz CT molecular complexity index is 913. The summed E-state index contributed by atoms with van der Waals surface area (Å²) < 4.78 is 16.8. The van der Waals surface area contributed by atoms with Crippen molar-refractivity contribution >= 4 is 39.4 Å². The van der Waals surface area contributed by atoms with Crippen molar-refractivity contribution in [3.05, 3.63) is 52.5 Å². The summed E-state index contributed by atoms with van der Waals surface area (Å²) in [6.45, 7) is 4.22. The van der Waals surface area contributed by atoms with Crippen LogP contribution in [-0.4, -0.2) is 56.1 Å². The molecule has 0 aliphatic heterocycles. The van der Waals surface area contributed by atoms with Crippen LogP contribution < -0.4 is 14.8 Å². The van der Waals surface area contributed by atoms with Crippen LogP contribution in [0, 0.1) is 0 Å². The number of hydrogen-bond donors (Lipinski definition) is 1. The smallest absolute Gasteiger partial charge is 0.338 e. The van der Waals surface area contributed by atoms with Gasteiger partial charge in [-0.15, -0.1) is 0 Å². The van der Waals surface area contributed by atoms with Gasteiger partial charge in [0.15, 0.2) is 24.7 Å². The fourth-order valence-corrected chi connectivity index (χ4v) is 2.93. The van der Waals surface area contributed by atoms with E-state index in [4.69, 9.17) is 14.2 Å². The largest absolute Gasteiger partial charge is 0.493 e. The van der Waals surface area contributed by atoms with Crippen molar-refractivity contribution in [1.29, 1.82) is 0 Å². The summed E-state index contributed by atoms with van der Waals surface area (Å²) in [4.78, 5) is 37.9. The molecule has 31 heavy (non-hydrogen) atoms. The molecule has 0 radical (unpaired) electrons. The van der Waals surface area contributed by atoms with Gasteiger partial charge < -0.3 is 24.4 Å². The number of carbonyl (C=O) groups excluding carboxylic acids is 3. The van der Waals surface area contributed by atoms with Crippen molar-refractivity contribution in [2.24, 2.45) is 0 Å². The SMILES string of the molecule is CCN(CC)C(=O)COC(=O)c1ccc(OCC(=O)Nc2ccc(Br)cc2)c(OC)c1. The number of nitrogens with one attached hydrogen (secondary N) is 1. The Balaban J connectivity index is 1.94. The van der Waals surface area contributed by atoms with Crippen molar-refractivity contribution in [2.45, 2.75) is 13.8 Å². The van der Waals surface area contributed by atoms with Crippen LogP contribution in [0.4, 0.5) is 5.69 Å². The van der Waals surface area contributed by atoms with Gasteiger partial charge in [-0.25, -0.2) is 4.79 Å². The zero-order chi connectivity index (χ0) is 22.8. The molecule has 2 rings (SSSR count). The maximum absolute atomic E-state index is 12.3. The van der Waals surface area contributed by atoms with Gasteiger partial charge in [0.25, 0.3) is 11.8 Å². The minimum atomic E-state index is -0.654. The summed E-state index contributed by atoms with van der Waals surface area (Å²) in [6.07, 6.45) is 0. The predicted octanol–water partition coefficient (Wildman–Crippen LogP) is 3.50. The third-order valence-corrected chi connectivity index (χ3v) is 4.86. The van der Waals surface area contributed by atoms with Crippen molar-refractivity contribution in [2.75, 3.05) is 38.7 Å². The topological polar surface area (TPSA) is 94.2 Å². The van der Waals surface area contributed by atoms with Crippen molar-refractivity contribution in [3.8, 4) is 11.5 Å². The quantitative estimate of drug-likeness (QED) is 0.510. The number of esters is 1. The highest BCUT2D eigenvalue weighted by atomic mass is 79.9. The highest BCUT2D eigenvalue weighted by molar-refractivity contribution is 9.10. The Morgan fingerprint density at radius 2 is 1.65 bits per heavy atom. The lowest BCUT2D eigenvalue weighted by atomic mass is 10.2. The fourth-order valence-electron chi connectivity index (χ4n) is 2.67. The minimum Gasteiger partial charge on any atom is -0.493 e. The molecule has 0 aromatic heterocycles. The normalized spacial score (nSPS) is 10.2. The molecule has 2 aromatic carbocycles. The molecule has 2 amide bonds. The zero-order valence-electron chi connectivity index (χ0n) is 17.6. The first kappa shape index (κ1) is 24.2. The van der Waals surface area contributed by atoms with E-state index in [1.54, 1.807) is 17.0 Å². The van der Waals surface area contributed by atoms with Crippen LogP contribution in [0.2, 0.25) is 0 Å². The van der Waals surface area contributed by atoms with Crippen LogP contribution in [-0.2, 0) is 14.3 Å². The van der Waals surface area contributed by atoms with Gasteiger partial charge in [0.1, 0.15) is 0 Å². The lowest BCUT2D eigenvalue weighted by Gasteiger charge is -2.18. The molecule has 0 heterocycles. The summed E-state index contributed by atoms with van der Waals surface area (Å²) in [5.74, 6) is -0.701. The van der Waals surface area contributed by atoms with E-state index >= 15 is 0 Å². The van der Waals surface area contributed by atoms with Gasteiger partial charge >= 0.3 is 5.97 Å². The zero-order valence-corrected chi connectivity index (χ0v) is 19.2. The minimum absolute atomic E-state index is 0.205. The van der Waals surface area contributed by atoms with Crippen LogP contribution in [0.1, 0.15) is 24.2 Å². The summed E-state index contributed by atoms with van der Waals surface area (Å²) in [6, 6.07) is 11.6. The second-order valence-electron chi connectivity index (χ2n) is 6.35. The first-order valence-electron chi connectivity index (χ1n) is 9.69. The van der Waals surface area contributed by atoms with Crippen LogP contribution in [0.25, 0.3) is 0 Å². The van der Waals surface area contributed by atoms with E-state index in [1.165, 1.54) is 25.3 Å². The van der Waals surface area contributed by atoms with E-state index in [0.29, 0.717) is 24.5 Å². The van der Waals surface area contributed by atoms with Crippen LogP contribution in [0.5, 0.6) is 11.5 Å². The summed E-state index contributed by atoms with van der Waals surface area (Å²) in [5, 5.41) is 2.72. The van der Waals surface area contributed by atoms with Crippen molar-refractivity contribution < 1.29 is 28.6 Å². The van der Waals surface area contributed by atoms with Crippen LogP contribution in [0.15, 0.2) is 46.9 Å². The molecule has 0 spiro atoms. The number of nitrogens with zero attached hydrogens (tertiary/aromatic N) is 1. The molecular weight excluding hydrogens is 468 g/mol. The molecule has 2 aromatic rings. The number of benzene rings is 2. The van der Waals surface area contributed by atoms with E-state index in [0.717, 1.165) is 4.47 Å². The molecule has 0 bridgehead atoms. The number of anilines is 1. The number of likely N-dealkylation sites (N-methyl/N-ethyl adjacent to an activating group) is 1. The second-order valence-corrected chi connectivity index (χ2v) is 7.27. The number of ether oxygens (including phenoxy) is 3. The van der Waals surface area contributed by atoms with Gasteiger partial charge in [-0.3, -0.25) is 9.59 Å². The Hall–Kier alpha value is -3.07. The molecule has 166 valence electrons. The van der Waals surface area contributed by atoms with Gasteiger partial charge in [-0.05, 0) is 56.3 Å². The molecule has 0 saturated heterocycles. The number of halogens is 1. The molecular formula is C22H25BrN2O6. The third-order valence-electron chi connectivity index (χ3n) is 4.33. The number of carbonyl (C=O) groups is 3. The van der Waals surface area contributed by atoms with Gasteiger partial charge in [-0.1, -0.05) is 15.9 Å². The number of rotatable bonds is 10. The second kappa shape index (κ2) is 11.9. The lowest BCUT2D eigenvalue weighted by molar-refractivity contribution is -0.134. The molecule has 0 fully saturated rings. The Kier molecular flexibility index (Phi) is 9.33. The highest BCUT2D eigenvalue weighted by Crippen LogP contribution is 2.28. The van der Waals surface area contributed by atoms with E-state index in [9.17, 15) is 14.4 Å². The third kappa shape index (κ3) is 7.29. The molecule has 9 heteroatoms. The average Bonchev–Trinajstić information content (AvgIpc) is 2.78. The first-order chi connectivity index (χ1) is 14.9. The first-order valence-corrected chi connectivity index (χ1v) is 10.5. The summed E-state index contributed by atoms with van der Waals surface area (Å²) in [7, 11) is 1.42. The molecule has 0 aliphatic carbocycles. The highest BCUT2D eigenvalue weighted by Gasteiger charge is 2.16. The average molecular weight is 493 g/mol. The lowest BCUT2D eigenvalue weighted by Crippen LogP contribution is -2.34. The molecule has 8 nitrogen and oxygen atoms in total. The van der Waals surface area contributed by atoms with Gasteiger partial charge in [0, 0.05) is 23.2 Å². The van der Waals surface area contributed by atoms with E-state index < -0.39 is 5.97 Å². The van der Waals surface area contributed by atoms with Gasteiger partial charge in [0.05, 0.1) is 12.7 Å². The maximum atomic E-state index is 12.3. The summed E-state index contributed by atoms with van der Waals surface area (Å²) >= 11 is 3.33. The van der Waals surface area contributed by atoms with E-state index in [1.807, 2.05) is 26.0 Å². The molecule has 1 N–H and O–H groups in total.